The van der Waals surface area contributed by atoms with Crippen LogP contribution in [0.3, 0.4) is 0 Å². The molecule has 1 amide bonds. The fourth-order valence-corrected chi connectivity index (χ4v) is 3.07. The van der Waals surface area contributed by atoms with Crippen LogP contribution in [0.4, 0.5) is 5.13 Å². The van der Waals surface area contributed by atoms with Gasteiger partial charge in [-0.1, -0.05) is 11.3 Å². The van der Waals surface area contributed by atoms with E-state index in [1.165, 1.54) is 18.4 Å². The van der Waals surface area contributed by atoms with E-state index >= 15 is 0 Å². The van der Waals surface area contributed by atoms with Gasteiger partial charge in [0.1, 0.15) is 4.88 Å². The van der Waals surface area contributed by atoms with E-state index < -0.39 is 0 Å². The SMILES string of the molecule is COC(=O)c1sc(NCCC(=O)N2CCCC2)nc1C. The molecule has 0 saturated carbocycles. The third-order valence-electron chi connectivity index (χ3n) is 3.24. The van der Waals surface area contributed by atoms with E-state index in [0.29, 0.717) is 28.7 Å². The molecule has 0 aromatic carbocycles. The Labute approximate surface area is 122 Å². The number of ether oxygens (including phenoxy) is 1. The Morgan fingerprint density at radius 3 is 2.75 bits per heavy atom. The molecule has 2 heterocycles. The van der Waals surface area contributed by atoms with Crippen molar-refractivity contribution in [3.63, 3.8) is 0 Å². The lowest BCUT2D eigenvalue weighted by molar-refractivity contribution is -0.129. The highest BCUT2D eigenvalue weighted by Gasteiger charge is 2.18. The van der Waals surface area contributed by atoms with E-state index in [1.54, 1.807) is 6.92 Å². The molecule has 2 rings (SSSR count). The van der Waals surface area contributed by atoms with Crippen molar-refractivity contribution in [1.29, 1.82) is 0 Å². The first-order valence-corrected chi connectivity index (χ1v) is 7.51. The number of anilines is 1. The fraction of sp³-hybridized carbons (Fsp3) is 0.615. The van der Waals surface area contributed by atoms with Crippen molar-refractivity contribution in [3.05, 3.63) is 10.6 Å². The standard InChI is InChI=1S/C13H19N3O3S/c1-9-11(12(18)19-2)20-13(15-9)14-6-5-10(17)16-7-3-4-8-16/h3-8H2,1-2H3,(H,14,15). The van der Waals surface area contributed by atoms with Crippen LogP contribution in [-0.2, 0) is 9.53 Å². The highest BCUT2D eigenvalue weighted by Crippen LogP contribution is 2.23. The second-order valence-electron chi connectivity index (χ2n) is 4.69. The minimum atomic E-state index is -0.374. The number of hydrogen-bond donors (Lipinski definition) is 1. The molecule has 1 saturated heterocycles. The van der Waals surface area contributed by atoms with Gasteiger partial charge in [0.2, 0.25) is 5.91 Å². The molecule has 1 aromatic heterocycles. The highest BCUT2D eigenvalue weighted by molar-refractivity contribution is 7.17. The van der Waals surface area contributed by atoms with Gasteiger partial charge in [0.15, 0.2) is 5.13 Å². The van der Waals surface area contributed by atoms with Gasteiger partial charge in [0.25, 0.3) is 0 Å². The number of rotatable bonds is 5. The molecular formula is C13H19N3O3S. The zero-order valence-corrected chi connectivity index (χ0v) is 12.6. The Balaban J connectivity index is 1.82. The fourth-order valence-electron chi connectivity index (χ4n) is 2.16. The van der Waals surface area contributed by atoms with Crippen LogP contribution in [0.15, 0.2) is 0 Å². The van der Waals surface area contributed by atoms with Gasteiger partial charge in [-0.05, 0) is 19.8 Å². The molecular weight excluding hydrogens is 278 g/mol. The minimum Gasteiger partial charge on any atom is -0.465 e. The summed E-state index contributed by atoms with van der Waals surface area (Å²) < 4.78 is 4.68. The quantitative estimate of drug-likeness (QED) is 0.837. The molecule has 6 nitrogen and oxygen atoms in total. The van der Waals surface area contributed by atoms with Gasteiger partial charge < -0.3 is 15.0 Å². The zero-order valence-electron chi connectivity index (χ0n) is 11.8. The van der Waals surface area contributed by atoms with Crippen LogP contribution in [-0.4, -0.2) is 48.5 Å². The summed E-state index contributed by atoms with van der Waals surface area (Å²) in [6.07, 6.45) is 2.66. The molecule has 0 aliphatic carbocycles. The second-order valence-corrected chi connectivity index (χ2v) is 5.69. The maximum Gasteiger partial charge on any atom is 0.350 e. The molecule has 1 N–H and O–H groups in total. The Hall–Kier alpha value is -1.63. The molecule has 0 bridgehead atoms. The first kappa shape index (κ1) is 14.8. The van der Waals surface area contributed by atoms with Crippen molar-refractivity contribution < 1.29 is 14.3 Å². The van der Waals surface area contributed by atoms with E-state index in [1.807, 2.05) is 4.90 Å². The monoisotopic (exact) mass is 297 g/mol. The Morgan fingerprint density at radius 1 is 1.40 bits per heavy atom. The number of nitrogens with zero attached hydrogens (tertiary/aromatic N) is 2. The predicted octanol–water partition coefficient (Wildman–Crippen LogP) is 1.66. The number of methoxy groups -OCH3 is 1. The van der Waals surface area contributed by atoms with Gasteiger partial charge in [-0.2, -0.15) is 0 Å². The largest absolute Gasteiger partial charge is 0.465 e. The summed E-state index contributed by atoms with van der Waals surface area (Å²) in [5, 5.41) is 3.74. The van der Waals surface area contributed by atoms with Crippen molar-refractivity contribution in [2.75, 3.05) is 32.1 Å². The number of carbonyl (C=O) groups is 2. The van der Waals surface area contributed by atoms with Crippen LogP contribution in [0.2, 0.25) is 0 Å². The molecule has 0 atom stereocenters. The van der Waals surface area contributed by atoms with E-state index in [2.05, 4.69) is 15.0 Å². The minimum absolute atomic E-state index is 0.177. The van der Waals surface area contributed by atoms with Gasteiger partial charge in [-0.25, -0.2) is 9.78 Å². The van der Waals surface area contributed by atoms with Gasteiger partial charge in [0, 0.05) is 26.1 Å². The van der Waals surface area contributed by atoms with Crippen molar-refractivity contribution in [1.82, 2.24) is 9.88 Å². The number of hydrogen-bond acceptors (Lipinski definition) is 6. The number of thiazole rings is 1. The number of amides is 1. The number of carbonyl (C=O) groups excluding carboxylic acids is 2. The Morgan fingerprint density at radius 2 is 2.10 bits per heavy atom. The van der Waals surface area contributed by atoms with Crippen LogP contribution < -0.4 is 5.32 Å². The molecule has 1 aromatic rings. The summed E-state index contributed by atoms with van der Waals surface area (Å²) in [6.45, 7) is 4.05. The van der Waals surface area contributed by atoms with Crippen LogP contribution in [0.1, 0.15) is 34.6 Å². The van der Waals surface area contributed by atoms with Crippen molar-refractivity contribution in [3.8, 4) is 0 Å². The number of nitrogens with one attached hydrogen (secondary N) is 1. The van der Waals surface area contributed by atoms with Crippen LogP contribution >= 0.6 is 11.3 Å². The molecule has 20 heavy (non-hydrogen) atoms. The van der Waals surface area contributed by atoms with Crippen molar-refractivity contribution >= 4 is 28.3 Å². The topological polar surface area (TPSA) is 71.5 Å². The number of esters is 1. The molecule has 0 spiro atoms. The molecule has 0 radical (unpaired) electrons. The van der Waals surface area contributed by atoms with Gasteiger partial charge >= 0.3 is 5.97 Å². The number of aromatic nitrogens is 1. The summed E-state index contributed by atoms with van der Waals surface area (Å²) in [5.74, 6) is -0.197. The van der Waals surface area contributed by atoms with E-state index in [4.69, 9.17) is 0 Å². The second kappa shape index (κ2) is 6.69. The van der Waals surface area contributed by atoms with Crippen molar-refractivity contribution in [2.45, 2.75) is 26.2 Å². The Bertz CT molecular complexity index is 495. The van der Waals surface area contributed by atoms with E-state index in [9.17, 15) is 9.59 Å². The molecule has 1 aliphatic rings. The first-order chi connectivity index (χ1) is 9.61. The van der Waals surface area contributed by atoms with Gasteiger partial charge in [-0.3, -0.25) is 4.79 Å². The van der Waals surface area contributed by atoms with Gasteiger partial charge in [-0.15, -0.1) is 0 Å². The summed E-state index contributed by atoms with van der Waals surface area (Å²) in [6, 6.07) is 0. The lowest BCUT2D eigenvalue weighted by Crippen LogP contribution is -2.29. The Kier molecular flexibility index (Phi) is 4.94. The lowest BCUT2D eigenvalue weighted by Gasteiger charge is -2.14. The number of likely N-dealkylation sites (tertiary alicyclic amines) is 1. The van der Waals surface area contributed by atoms with Crippen LogP contribution in [0.25, 0.3) is 0 Å². The summed E-state index contributed by atoms with van der Waals surface area (Å²) in [4.78, 5) is 30.0. The average Bonchev–Trinajstić information content (AvgIpc) is 3.07. The molecule has 7 heteroatoms. The molecule has 1 aliphatic heterocycles. The smallest absolute Gasteiger partial charge is 0.350 e. The van der Waals surface area contributed by atoms with E-state index in [-0.39, 0.29) is 11.9 Å². The summed E-state index contributed by atoms with van der Waals surface area (Å²) in [7, 11) is 1.35. The van der Waals surface area contributed by atoms with Gasteiger partial charge in [0.05, 0.1) is 12.8 Å². The summed E-state index contributed by atoms with van der Waals surface area (Å²) >= 11 is 1.25. The maximum absolute atomic E-state index is 11.9. The number of aryl methyl sites for hydroxylation is 1. The normalized spacial score (nSPS) is 14.4. The molecule has 110 valence electrons. The van der Waals surface area contributed by atoms with Crippen LogP contribution in [0.5, 0.6) is 0 Å². The maximum atomic E-state index is 11.9. The molecule has 0 unspecified atom stereocenters. The highest BCUT2D eigenvalue weighted by atomic mass is 32.1. The van der Waals surface area contributed by atoms with E-state index in [0.717, 1.165) is 25.9 Å². The zero-order chi connectivity index (χ0) is 14.5. The lowest BCUT2D eigenvalue weighted by atomic mass is 10.3. The van der Waals surface area contributed by atoms with Crippen molar-refractivity contribution in [2.24, 2.45) is 0 Å². The average molecular weight is 297 g/mol. The summed E-state index contributed by atoms with van der Waals surface area (Å²) in [5.41, 5.74) is 0.648. The molecule has 1 fully saturated rings. The first-order valence-electron chi connectivity index (χ1n) is 6.69. The third-order valence-corrected chi connectivity index (χ3v) is 4.34. The van der Waals surface area contributed by atoms with Crippen LogP contribution in [0, 0.1) is 6.92 Å². The predicted molar refractivity (Wildman–Crippen MR) is 77.1 cm³/mol. The third kappa shape index (κ3) is 3.47.